The van der Waals surface area contributed by atoms with Crippen LogP contribution in [0.4, 0.5) is 0 Å². The molecule has 0 saturated heterocycles. The molecule has 1 amide bonds. The average Bonchev–Trinajstić information content (AvgIpc) is 3.38. The maximum atomic E-state index is 12.7. The van der Waals surface area contributed by atoms with E-state index >= 15 is 0 Å². The number of amides is 1. The molecule has 2 aromatic rings. The highest BCUT2D eigenvalue weighted by Crippen LogP contribution is 2.33. The topological polar surface area (TPSA) is 83.3 Å². The Balaban J connectivity index is 1.65. The summed E-state index contributed by atoms with van der Waals surface area (Å²) in [4.78, 5) is 31.9. The number of likely N-dealkylation sites (N-methyl/N-ethyl adjacent to an activating group) is 1. The summed E-state index contributed by atoms with van der Waals surface area (Å²) < 4.78 is 5.34. The van der Waals surface area contributed by atoms with E-state index in [0.717, 1.165) is 29.1 Å². The van der Waals surface area contributed by atoms with Gasteiger partial charge in [0.25, 0.3) is 5.91 Å². The number of thiophene rings is 1. The van der Waals surface area contributed by atoms with Crippen molar-refractivity contribution >= 4 is 34.6 Å². The van der Waals surface area contributed by atoms with Crippen LogP contribution in [0.1, 0.15) is 49.5 Å². The first-order chi connectivity index (χ1) is 13.0. The van der Waals surface area contributed by atoms with E-state index in [0.29, 0.717) is 12.8 Å². The third kappa shape index (κ3) is 4.04. The summed E-state index contributed by atoms with van der Waals surface area (Å²) in [6.45, 7) is 1.54. The number of carbonyl (C=O) groups is 2. The highest BCUT2D eigenvalue weighted by Gasteiger charge is 2.40. The van der Waals surface area contributed by atoms with Crippen molar-refractivity contribution in [1.29, 1.82) is 5.26 Å². The lowest BCUT2D eigenvalue weighted by Gasteiger charge is -2.39. The quantitative estimate of drug-likeness (QED) is 0.702. The van der Waals surface area contributed by atoms with Crippen molar-refractivity contribution in [2.24, 2.45) is 0 Å². The number of hydrogen-bond acceptors (Lipinski definition) is 7. The summed E-state index contributed by atoms with van der Waals surface area (Å²) in [5.74, 6) is -0.988. The first-order valence-electron chi connectivity index (χ1n) is 8.86. The molecule has 8 heteroatoms. The van der Waals surface area contributed by atoms with Gasteiger partial charge in [0.05, 0.1) is 10.9 Å². The van der Waals surface area contributed by atoms with E-state index in [9.17, 15) is 14.9 Å². The molecule has 0 aliphatic heterocycles. The number of carbonyl (C=O) groups excluding carboxylic acids is 2. The van der Waals surface area contributed by atoms with E-state index in [1.54, 1.807) is 23.8 Å². The SMILES string of the molecule is C[C@H](OC(=O)c1csc(-c2cccs2)n1)C(=O)N(C)C1(C#N)CCCCC1. The van der Waals surface area contributed by atoms with Crippen LogP contribution < -0.4 is 0 Å². The van der Waals surface area contributed by atoms with Gasteiger partial charge in [0.1, 0.15) is 10.5 Å². The van der Waals surface area contributed by atoms with Gasteiger partial charge in [0.2, 0.25) is 0 Å². The summed E-state index contributed by atoms with van der Waals surface area (Å²) in [5.41, 5.74) is -0.610. The molecule has 1 atom stereocenters. The van der Waals surface area contributed by atoms with Gasteiger partial charge in [-0.25, -0.2) is 9.78 Å². The molecule has 1 saturated carbocycles. The van der Waals surface area contributed by atoms with Crippen molar-refractivity contribution in [2.45, 2.75) is 50.7 Å². The van der Waals surface area contributed by atoms with Gasteiger partial charge in [-0.3, -0.25) is 4.79 Å². The van der Waals surface area contributed by atoms with Crippen LogP contribution in [0.2, 0.25) is 0 Å². The van der Waals surface area contributed by atoms with Crippen molar-refractivity contribution in [3.8, 4) is 16.0 Å². The van der Waals surface area contributed by atoms with Crippen molar-refractivity contribution in [2.75, 3.05) is 7.05 Å². The predicted octanol–water partition coefficient (Wildman–Crippen LogP) is 4.10. The molecule has 3 rings (SSSR count). The Morgan fingerprint density at radius 1 is 1.33 bits per heavy atom. The minimum atomic E-state index is -0.971. The number of nitriles is 1. The summed E-state index contributed by atoms with van der Waals surface area (Å²) in [5, 5.41) is 14.0. The van der Waals surface area contributed by atoms with Gasteiger partial charge in [0.15, 0.2) is 11.8 Å². The van der Waals surface area contributed by atoms with Crippen molar-refractivity contribution < 1.29 is 14.3 Å². The molecule has 2 heterocycles. The highest BCUT2D eigenvalue weighted by molar-refractivity contribution is 7.20. The molecular weight excluding hydrogens is 382 g/mol. The van der Waals surface area contributed by atoms with Gasteiger partial charge in [-0.15, -0.1) is 22.7 Å². The number of aromatic nitrogens is 1. The fraction of sp³-hybridized carbons (Fsp3) is 0.474. The molecule has 0 bridgehead atoms. The van der Waals surface area contributed by atoms with E-state index in [1.165, 1.54) is 23.2 Å². The van der Waals surface area contributed by atoms with E-state index in [1.807, 2.05) is 17.5 Å². The first-order valence-corrected chi connectivity index (χ1v) is 10.6. The van der Waals surface area contributed by atoms with Crippen LogP contribution in [0.15, 0.2) is 22.9 Å². The molecule has 1 aliphatic rings. The van der Waals surface area contributed by atoms with Crippen LogP contribution in [0.5, 0.6) is 0 Å². The molecule has 1 aliphatic carbocycles. The lowest BCUT2D eigenvalue weighted by molar-refractivity contribution is -0.143. The second-order valence-electron chi connectivity index (χ2n) is 6.66. The minimum absolute atomic E-state index is 0.193. The average molecular weight is 404 g/mol. The number of esters is 1. The number of rotatable bonds is 5. The number of hydrogen-bond donors (Lipinski definition) is 0. The van der Waals surface area contributed by atoms with Crippen molar-refractivity contribution in [1.82, 2.24) is 9.88 Å². The lowest BCUT2D eigenvalue weighted by atomic mass is 9.81. The lowest BCUT2D eigenvalue weighted by Crippen LogP contribution is -2.53. The van der Waals surface area contributed by atoms with Crippen LogP contribution in [0.25, 0.3) is 9.88 Å². The van der Waals surface area contributed by atoms with E-state index in [4.69, 9.17) is 4.74 Å². The Hall–Kier alpha value is -2.24. The summed E-state index contributed by atoms with van der Waals surface area (Å²) in [6, 6.07) is 6.17. The highest BCUT2D eigenvalue weighted by atomic mass is 32.1. The molecule has 0 N–H and O–H groups in total. The van der Waals surface area contributed by atoms with Gasteiger partial charge in [-0.05, 0) is 31.2 Å². The van der Waals surface area contributed by atoms with Gasteiger partial charge < -0.3 is 9.64 Å². The Kier molecular flexibility index (Phi) is 5.92. The second kappa shape index (κ2) is 8.19. The van der Waals surface area contributed by atoms with E-state index < -0.39 is 17.6 Å². The van der Waals surface area contributed by atoms with Gasteiger partial charge in [-0.2, -0.15) is 5.26 Å². The van der Waals surface area contributed by atoms with Crippen LogP contribution >= 0.6 is 22.7 Å². The van der Waals surface area contributed by atoms with Gasteiger partial charge >= 0.3 is 5.97 Å². The molecule has 2 aromatic heterocycles. The van der Waals surface area contributed by atoms with E-state index in [2.05, 4.69) is 11.1 Å². The fourth-order valence-electron chi connectivity index (χ4n) is 3.29. The van der Waals surface area contributed by atoms with Crippen LogP contribution in [-0.4, -0.2) is 40.5 Å². The zero-order valence-corrected chi connectivity index (χ0v) is 16.9. The molecule has 6 nitrogen and oxygen atoms in total. The molecule has 27 heavy (non-hydrogen) atoms. The standard InChI is InChI=1S/C19H21N3O3S2/c1-13(17(23)22(2)19(12-20)8-4-3-5-9-19)25-18(24)14-11-27-16(21-14)15-7-6-10-26-15/h6-7,10-11,13H,3-5,8-9H2,1-2H3/t13-/m0/s1. The normalized spacial score (nSPS) is 16.9. The zero-order valence-electron chi connectivity index (χ0n) is 15.3. The molecule has 0 spiro atoms. The maximum absolute atomic E-state index is 12.7. The van der Waals surface area contributed by atoms with Crippen LogP contribution in [0, 0.1) is 11.3 Å². The maximum Gasteiger partial charge on any atom is 0.358 e. The summed E-state index contributed by atoms with van der Waals surface area (Å²) in [7, 11) is 1.62. The molecule has 1 fully saturated rings. The molecule has 142 valence electrons. The number of nitrogens with zero attached hydrogens (tertiary/aromatic N) is 3. The third-order valence-corrected chi connectivity index (χ3v) is 6.82. The second-order valence-corrected chi connectivity index (χ2v) is 8.47. The van der Waals surface area contributed by atoms with Gasteiger partial charge in [-0.1, -0.05) is 25.3 Å². The zero-order chi connectivity index (χ0) is 19.4. The van der Waals surface area contributed by atoms with Crippen LogP contribution in [-0.2, 0) is 9.53 Å². The minimum Gasteiger partial charge on any atom is -0.448 e. The van der Waals surface area contributed by atoms with Crippen LogP contribution in [0.3, 0.4) is 0 Å². The number of ether oxygens (including phenoxy) is 1. The summed E-state index contributed by atoms with van der Waals surface area (Å²) in [6.07, 6.45) is 3.26. The Morgan fingerprint density at radius 2 is 2.07 bits per heavy atom. The van der Waals surface area contributed by atoms with E-state index in [-0.39, 0.29) is 11.6 Å². The predicted molar refractivity (Wildman–Crippen MR) is 105 cm³/mol. The molecule has 0 aromatic carbocycles. The van der Waals surface area contributed by atoms with Crippen molar-refractivity contribution in [3.63, 3.8) is 0 Å². The Labute approximate surface area is 166 Å². The summed E-state index contributed by atoms with van der Waals surface area (Å²) >= 11 is 2.91. The monoisotopic (exact) mass is 403 g/mol. The van der Waals surface area contributed by atoms with Crippen molar-refractivity contribution in [3.05, 3.63) is 28.6 Å². The first kappa shape index (κ1) is 19.5. The Morgan fingerprint density at radius 3 is 2.70 bits per heavy atom. The molecular formula is C19H21N3O3S2. The largest absolute Gasteiger partial charge is 0.448 e. The Bertz CT molecular complexity index is 848. The molecule has 0 unspecified atom stereocenters. The fourth-order valence-corrected chi connectivity index (χ4v) is 4.90. The number of thiazole rings is 1. The molecule has 0 radical (unpaired) electrons. The third-order valence-electron chi connectivity index (χ3n) is 4.94. The smallest absolute Gasteiger partial charge is 0.358 e. The van der Waals surface area contributed by atoms with Gasteiger partial charge in [0, 0.05) is 12.4 Å².